The fraction of sp³-hybridized carbons (Fsp3) is 0.625. The zero-order valence-electron chi connectivity index (χ0n) is 13.5. The normalized spacial score (nSPS) is 15.3. The molecule has 0 radical (unpaired) electrons. The summed E-state index contributed by atoms with van der Waals surface area (Å²) in [5.74, 6) is 5.84. The van der Waals surface area contributed by atoms with Crippen LogP contribution in [0.4, 0.5) is 0 Å². The van der Waals surface area contributed by atoms with Gasteiger partial charge in [-0.25, -0.2) is 0 Å². The van der Waals surface area contributed by atoms with E-state index in [2.05, 4.69) is 5.32 Å². The number of unbranched alkanes of at least 4 members (excludes halogenated alkanes) is 1. The van der Waals surface area contributed by atoms with Crippen LogP contribution in [0.25, 0.3) is 0 Å². The van der Waals surface area contributed by atoms with Crippen molar-refractivity contribution in [2.75, 3.05) is 32.2 Å². The third-order valence-corrected chi connectivity index (χ3v) is 3.94. The van der Waals surface area contributed by atoms with Gasteiger partial charge in [0.1, 0.15) is 0 Å². The SMILES string of the molecule is CCCCOc1c(C(=O)NCC2CCOCC2)n(N)ccc1=O. The second-order valence-electron chi connectivity index (χ2n) is 5.73. The molecule has 1 aliphatic rings. The molecule has 1 aromatic rings. The molecule has 2 heterocycles. The number of aromatic nitrogens is 1. The lowest BCUT2D eigenvalue weighted by molar-refractivity contribution is 0.0641. The summed E-state index contributed by atoms with van der Waals surface area (Å²) in [4.78, 5) is 24.5. The predicted molar refractivity (Wildman–Crippen MR) is 87.1 cm³/mol. The van der Waals surface area contributed by atoms with E-state index in [4.69, 9.17) is 15.3 Å². The summed E-state index contributed by atoms with van der Waals surface area (Å²) in [5, 5.41) is 2.85. The van der Waals surface area contributed by atoms with Crippen molar-refractivity contribution in [2.24, 2.45) is 5.92 Å². The smallest absolute Gasteiger partial charge is 0.273 e. The molecule has 0 aromatic carbocycles. The summed E-state index contributed by atoms with van der Waals surface area (Å²) in [6, 6.07) is 1.30. The average Bonchev–Trinajstić information content (AvgIpc) is 2.57. The molecular weight excluding hydrogens is 298 g/mol. The number of ether oxygens (including phenoxy) is 2. The molecule has 1 aliphatic heterocycles. The highest BCUT2D eigenvalue weighted by molar-refractivity contribution is 5.95. The van der Waals surface area contributed by atoms with Gasteiger partial charge in [0, 0.05) is 32.0 Å². The van der Waals surface area contributed by atoms with E-state index in [1.165, 1.54) is 12.3 Å². The lowest BCUT2D eigenvalue weighted by Crippen LogP contribution is -2.36. The summed E-state index contributed by atoms with van der Waals surface area (Å²) < 4.78 is 12.0. The third-order valence-electron chi connectivity index (χ3n) is 3.94. The van der Waals surface area contributed by atoms with Gasteiger partial charge in [0.15, 0.2) is 11.4 Å². The molecule has 2 rings (SSSR count). The summed E-state index contributed by atoms with van der Waals surface area (Å²) in [6.45, 7) is 4.39. The molecule has 0 atom stereocenters. The van der Waals surface area contributed by atoms with E-state index in [1.807, 2.05) is 6.92 Å². The van der Waals surface area contributed by atoms with Crippen molar-refractivity contribution in [3.8, 4) is 5.75 Å². The van der Waals surface area contributed by atoms with Crippen LogP contribution in [0.3, 0.4) is 0 Å². The monoisotopic (exact) mass is 323 g/mol. The molecule has 0 unspecified atom stereocenters. The molecule has 128 valence electrons. The number of nitrogens with two attached hydrogens (primary N) is 1. The van der Waals surface area contributed by atoms with E-state index in [0.717, 1.165) is 43.6 Å². The van der Waals surface area contributed by atoms with Gasteiger partial charge in [-0.2, -0.15) is 0 Å². The van der Waals surface area contributed by atoms with Gasteiger partial charge < -0.3 is 20.6 Å². The van der Waals surface area contributed by atoms with Crippen LogP contribution < -0.4 is 21.3 Å². The highest BCUT2D eigenvalue weighted by Gasteiger charge is 2.21. The van der Waals surface area contributed by atoms with Crippen LogP contribution in [0.15, 0.2) is 17.1 Å². The number of carbonyl (C=O) groups is 1. The van der Waals surface area contributed by atoms with Crippen LogP contribution in [0.2, 0.25) is 0 Å². The van der Waals surface area contributed by atoms with E-state index < -0.39 is 0 Å². The Morgan fingerprint density at radius 2 is 2.22 bits per heavy atom. The Balaban J connectivity index is 2.07. The molecule has 1 saturated heterocycles. The average molecular weight is 323 g/mol. The van der Waals surface area contributed by atoms with Gasteiger partial charge in [-0.3, -0.25) is 14.3 Å². The first kappa shape index (κ1) is 17.3. The maximum absolute atomic E-state index is 12.5. The van der Waals surface area contributed by atoms with Crippen LogP contribution >= 0.6 is 0 Å². The summed E-state index contributed by atoms with van der Waals surface area (Å²) >= 11 is 0. The molecule has 7 heteroatoms. The molecule has 1 aromatic heterocycles. The van der Waals surface area contributed by atoms with Crippen molar-refractivity contribution in [1.82, 2.24) is 9.99 Å². The Hall–Kier alpha value is -2.02. The summed E-state index contributed by atoms with van der Waals surface area (Å²) in [5.41, 5.74) is -0.264. The van der Waals surface area contributed by atoms with Gasteiger partial charge >= 0.3 is 0 Å². The van der Waals surface area contributed by atoms with Gasteiger partial charge in [-0.05, 0) is 25.2 Å². The number of hydrogen-bond acceptors (Lipinski definition) is 5. The Kier molecular flexibility index (Phi) is 6.46. The molecule has 0 saturated carbocycles. The highest BCUT2D eigenvalue weighted by atomic mass is 16.5. The number of rotatable bonds is 7. The van der Waals surface area contributed by atoms with Crippen molar-refractivity contribution in [3.63, 3.8) is 0 Å². The van der Waals surface area contributed by atoms with Crippen molar-refractivity contribution in [3.05, 3.63) is 28.2 Å². The van der Waals surface area contributed by atoms with Crippen molar-refractivity contribution in [2.45, 2.75) is 32.6 Å². The van der Waals surface area contributed by atoms with Crippen molar-refractivity contribution in [1.29, 1.82) is 0 Å². The van der Waals surface area contributed by atoms with E-state index >= 15 is 0 Å². The van der Waals surface area contributed by atoms with E-state index in [0.29, 0.717) is 19.1 Å². The minimum absolute atomic E-state index is 0.0212. The first-order valence-corrected chi connectivity index (χ1v) is 8.13. The molecule has 3 N–H and O–H groups in total. The summed E-state index contributed by atoms with van der Waals surface area (Å²) in [6.07, 6.45) is 4.96. The number of amides is 1. The van der Waals surface area contributed by atoms with Gasteiger partial charge in [-0.15, -0.1) is 0 Å². The minimum Gasteiger partial charge on any atom is -0.487 e. The van der Waals surface area contributed by atoms with E-state index in [1.54, 1.807) is 0 Å². The van der Waals surface area contributed by atoms with Crippen LogP contribution in [0, 0.1) is 5.92 Å². The first-order valence-electron chi connectivity index (χ1n) is 8.13. The molecule has 0 spiro atoms. The number of nitrogens with zero attached hydrogens (tertiary/aromatic N) is 1. The van der Waals surface area contributed by atoms with E-state index in [-0.39, 0.29) is 22.8 Å². The molecule has 1 fully saturated rings. The number of pyridine rings is 1. The zero-order valence-corrected chi connectivity index (χ0v) is 13.5. The maximum atomic E-state index is 12.5. The number of nitrogens with one attached hydrogen (secondary N) is 1. The van der Waals surface area contributed by atoms with Gasteiger partial charge in [0.25, 0.3) is 5.91 Å². The van der Waals surface area contributed by atoms with Gasteiger partial charge in [0.05, 0.1) is 6.61 Å². The Labute approximate surface area is 135 Å². The molecule has 23 heavy (non-hydrogen) atoms. The summed E-state index contributed by atoms with van der Waals surface area (Å²) in [7, 11) is 0. The Bertz CT molecular complexity index is 579. The molecule has 0 aliphatic carbocycles. The minimum atomic E-state index is -0.386. The number of hydrogen-bond donors (Lipinski definition) is 2. The quantitative estimate of drug-likeness (QED) is 0.574. The molecule has 1 amide bonds. The number of carbonyl (C=O) groups excluding carboxylic acids is 1. The second kappa shape index (κ2) is 8.57. The molecule has 0 bridgehead atoms. The largest absolute Gasteiger partial charge is 0.487 e. The zero-order chi connectivity index (χ0) is 16.7. The van der Waals surface area contributed by atoms with Gasteiger partial charge in [0.2, 0.25) is 5.43 Å². The van der Waals surface area contributed by atoms with Crippen molar-refractivity contribution < 1.29 is 14.3 Å². The maximum Gasteiger partial charge on any atom is 0.273 e. The topological polar surface area (TPSA) is 95.6 Å². The lowest BCUT2D eigenvalue weighted by atomic mass is 10.0. The van der Waals surface area contributed by atoms with Crippen LogP contribution in [0.5, 0.6) is 5.75 Å². The fourth-order valence-corrected chi connectivity index (χ4v) is 2.48. The second-order valence-corrected chi connectivity index (χ2v) is 5.73. The van der Waals surface area contributed by atoms with Crippen molar-refractivity contribution >= 4 is 5.91 Å². The Morgan fingerprint density at radius 3 is 2.91 bits per heavy atom. The fourth-order valence-electron chi connectivity index (χ4n) is 2.48. The predicted octanol–water partition coefficient (Wildman–Crippen LogP) is 0.897. The van der Waals surface area contributed by atoms with Crippen LogP contribution in [0.1, 0.15) is 43.1 Å². The number of nitrogen functional groups attached to an aromatic ring is 1. The van der Waals surface area contributed by atoms with E-state index in [9.17, 15) is 9.59 Å². The Morgan fingerprint density at radius 1 is 1.48 bits per heavy atom. The first-order chi connectivity index (χ1) is 11.1. The molecule has 7 nitrogen and oxygen atoms in total. The highest BCUT2D eigenvalue weighted by Crippen LogP contribution is 2.15. The third kappa shape index (κ3) is 4.72. The lowest BCUT2D eigenvalue weighted by Gasteiger charge is -2.22. The molecular formula is C16H25N3O4. The van der Waals surface area contributed by atoms with Crippen LogP contribution in [-0.4, -0.2) is 36.9 Å². The standard InChI is InChI=1S/C16H25N3O4/c1-2-3-8-23-15-13(20)4-7-19(17)14(15)16(21)18-11-12-5-9-22-10-6-12/h4,7,12H,2-3,5-6,8-11,17H2,1H3,(H,18,21). The van der Waals surface area contributed by atoms with Crippen LogP contribution in [-0.2, 0) is 4.74 Å². The van der Waals surface area contributed by atoms with Gasteiger partial charge in [-0.1, -0.05) is 13.3 Å².